The summed E-state index contributed by atoms with van der Waals surface area (Å²) in [6.45, 7) is 2.50. The molecule has 160 valence electrons. The number of anilines is 1. The van der Waals surface area contributed by atoms with Crippen LogP contribution in [0.3, 0.4) is 0 Å². The highest BCUT2D eigenvalue weighted by Gasteiger charge is 2.33. The molecule has 11 heteroatoms. The molecule has 8 nitrogen and oxygen atoms in total. The molecule has 1 unspecified atom stereocenters. The predicted molar refractivity (Wildman–Crippen MR) is 109 cm³/mol. The second kappa shape index (κ2) is 7.46. The van der Waals surface area contributed by atoms with Gasteiger partial charge in [0.05, 0.1) is 17.5 Å². The second-order valence-electron chi connectivity index (χ2n) is 7.48. The number of sulfone groups is 1. The summed E-state index contributed by atoms with van der Waals surface area (Å²) in [6, 6.07) is 3.73. The number of halogens is 2. The first-order chi connectivity index (χ1) is 14.2. The first-order valence-electron chi connectivity index (χ1n) is 9.56. The van der Waals surface area contributed by atoms with Gasteiger partial charge in [0.25, 0.3) is 0 Å². The topological polar surface area (TPSA) is 85.9 Å². The molecule has 0 amide bonds. The maximum absolute atomic E-state index is 14.5. The SMILES string of the molecule is CCn1nccc1-c1nc(-c2cc(F)c(N(C)C)c(F)c2)nn1C1CCS(=O)(=O)C1. The van der Waals surface area contributed by atoms with E-state index < -0.39 is 27.5 Å². The summed E-state index contributed by atoms with van der Waals surface area (Å²) < 4.78 is 56.3. The maximum atomic E-state index is 14.5. The standard InChI is InChI=1S/C19H22F2N6O2S/c1-4-26-16(5-7-22-26)19-23-18(24-27(19)13-6-8-30(28,29)11-13)12-9-14(20)17(25(2)3)15(21)10-12/h5,7,9-10,13H,4,6,8,11H2,1-3H3. The van der Waals surface area contributed by atoms with Crippen molar-refractivity contribution in [3.05, 3.63) is 36.0 Å². The normalized spacial score (nSPS) is 18.1. The molecule has 1 atom stereocenters. The van der Waals surface area contributed by atoms with Gasteiger partial charge in [-0.3, -0.25) is 4.68 Å². The predicted octanol–water partition coefficient (Wildman–Crippen LogP) is 2.53. The summed E-state index contributed by atoms with van der Waals surface area (Å²) in [6.07, 6.45) is 2.02. The first kappa shape index (κ1) is 20.5. The fraction of sp³-hybridized carbons (Fsp3) is 0.421. The summed E-state index contributed by atoms with van der Waals surface area (Å²) in [5, 5.41) is 8.71. The lowest BCUT2D eigenvalue weighted by molar-refractivity contribution is 0.501. The minimum atomic E-state index is -3.17. The molecule has 1 aromatic carbocycles. The Labute approximate surface area is 173 Å². The van der Waals surface area contributed by atoms with E-state index in [0.29, 0.717) is 24.5 Å². The van der Waals surface area contributed by atoms with Crippen LogP contribution in [0.25, 0.3) is 22.9 Å². The van der Waals surface area contributed by atoms with Crippen LogP contribution < -0.4 is 4.90 Å². The number of nitrogens with zero attached hydrogens (tertiary/aromatic N) is 6. The molecule has 0 spiro atoms. The zero-order valence-corrected chi connectivity index (χ0v) is 17.7. The Bertz CT molecular complexity index is 1180. The Morgan fingerprint density at radius 1 is 1.23 bits per heavy atom. The van der Waals surface area contributed by atoms with Crippen LogP contribution in [-0.4, -0.2) is 58.6 Å². The monoisotopic (exact) mass is 436 g/mol. The maximum Gasteiger partial charge on any atom is 0.182 e. The van der Waals surface area contributed by atoms with Gasteiger partial charge in [0.2, 0.25) is 0 Å². The van der Waals surface area contributed by atoms with Crippen molar-refractivity contribution in [3.63, 3.8) is 0 Å². The average molecular weight is 436 g/mol. The van der Waals surface area contributed by atoms with Gasteiger partial charge in [-0.1, -0.05) is 0 Å². The lowest BCUT2D eigenvalue weighted by Gasteiger charge is -2.15. The van der Waals surface area contributed by atoms with Crippen molar-refractivity contribution >= 4 is 15.5 Å². The summed E-state index contributed by atoms with van der Waals surface area (Å²) in [5.74, 6) is -0.888. The summed E-state index contributed by atoms with van der Waals surface area (Å²) in [7, 11) is -0.0569. The fourth-order valence-corrected chi connectivity index (χ4v) is 5.43. The molecule has 3 aromatic rings. The number of rotatable bonds is 5. The van der Waals surface area contributed by atoms with E-state index in [1.165, 1.54) is 17.0 Å². The number of aromatic nitrogens is 5. The third kappa shape index (κ3) is 3.57. The highest BCUT2D eigenvalue weighted by atomic mass is 32.2. The van der Waals surface area contributed by atoms with Crippen LogP contribution >= 0.6 is 0 Å². The van der Waals surface area contributed by atoms with Crippen LogP contribution in [0.5, 0.6) is 0 Å². The minimum Gasteiger partial charge on any atom is -0.373 e. The Balaban J connectivity index is 1.86. The molecule has 0 radical (unpaired) electrons. The van der Waals surface area contributed by atoms with Crippen molar-refractivity contribution in [2.24, 2.45) is 0 Å². The lowest BCUT2D eigenvalue weighted by Crippen LogP contribution is -2.15. The molecule has 0 aliphatic carbocycles. The lowest BCUT2D eigenvalue weighted by atomic mass is 10.1. The third-order valence-corrected chi connectivity index (χ3v) is 6.90. The van der Waals surface area contributed by atoms with Gasteiger partial charge in [-0.2, -0.15) is 10.2 Å². The molecule has 1 saturated heterocycles. The van der Waals surface area contributed by atoms with Crippen LogP contribution in [0, 0.1) is 11.6 Å². The van der Waals surface area contributed by atoms with Gasteiger partial charge in [-0.25, -0.2) is 26.9 Å². The van der Waals surface area contributed by atoms with Crippen molar-refractivity contribution in [3.8, 4) is 22.9 Å². The van der Waals surface area contributed by atoms with E-state index in [1.54, 1.807) is 35.7 Å². The molecule has 0 N–H and O–H groups in total. The Morgan fingerprint density at radius 2 is 1.93 bits per heavy atom. The number of hydrogen-bond donors (Lipinski definition) is 0. The smallest absolute Gasteiger partial charge is 0.182 e. The van der Waals surface area contributed by atoms with Gasteiger partial charge in [0, 0.05) is 32.4 Å². The van der Waals surface area contributed by atoms with E-state index in [4.69, 9.17) is 0 Å². The van der Waals surface area contributed by atoms with Gasteiger partial charge in [0.1, 0.15) is 23.0 Å². The minimum absolute atomic E-state index is 0.0502. The molecule has 1 aliphatic rings. The number of aryl methyl sites for hydroxylation is 1. The fourth-order valence-electron chi connectivity index (χ4n) is 3.74. The molecule has 0 bridgehead atoms. The Morgan fingerprint density at radius 3 is 2.50 bits per heavy atom. The molecule has 3 heterocycles. The molecular weight excluding hydrogens is 414 g/mol. The first-order valence-corrected chi connectivity index (χ1v) is 11.4. The van der Waals surface area contributed by atoms with E-state index in [0.717, 1.165) is 0 Å². The summed E-state index contributed by atoms with van der Waals surface area (Å²) in [5.41, 5.74) is 0.690. The van der Waals surface area contributed by atoms with Crippen molar-refractivity contribution in [1.82, 2.24) is 24.5 Å². The van der Waals surface area contributed by atoms with Crippen LogP contribution in [0.1, 0.15) is 19.4 Å². The third-order valence-electron chi connectivity index (χ3n) is 5.15. The van der Waals surface area contributed by atoms with E-state index in [9.17, 15) is 17.2 Å². The molecule has 2 aromatic heterocycles. The van der Waals surface area contributed by atoms with E-state index in [2.05, 4.69) is 15.2 Å². The zero-order valence-electron chi connectivity index (χ0n) is 16.9. The van der Waals surface area contributed by atoms with Gasteiger partial charge in [-0.05, 0) is 31.5 Å². The quantitative estimate of drug-likeness (QED) is 0.611. The molecule has 4 rings (SSSR count). The molecule has 30 heavy (non-hydrogen) atoms. The van der Waals surface area contributed by atoms with Crippen molar-refractivity contribution < 1.29 is 17.2 Å². The van der Waals surface area contributed by atoms with E-state index in [-0.39, 0.29) is 28.6 Å². The van der Waals surface area contributed by atoms with Crippen LogP contribution in [0.4, 0.5) is 14.5 Å². The van der Waals surface area contributed by atoms with Crippen molar-refractivity contribution in [1.29, 1.82) is 0 Å². The molecular formula is C19H22F2N6O2S. The molecule has 0 saturated carbocycles. The van der Waals surface area contributed by atoms with Gasteiger partial charge >= 0.3 is 0 Å². The average Bonchev–Trinajstić information content (AvgIpc) is 3.37. The van der Waals surface area contributed by atoms with E-state index in [1.807, 2.05) is 6.92 Å². The second-order valence-corrected chi connectivity index (χ2v) is 9.70. The Hall–Kier alpha value is -2.82. The zero-order chi connectivity index (χ0) is 21.6. The van der Waals surface area contributed by atoms with Gasteiger partial charge in [-0.15, -0.1) is 0 Å². The number of benzene rings is 1. The van der Waals surface area contributed by atoms with Gasteiger partial charge < -0.3 is 4.90 Å². The Kier molecular flexibility index (Phi) is 5.08. The van der Waals surface area contributed by atoms with Gasteiger partial charge in [0.15, 0.2) is 21.5 Å². The van der Waals surface area contributed by atoms with E-state index >= 15 is 0 Å². The largest absolute Gasteiger partial charge is 0.373 e. The van der Waals surface area contributed by atoms with Crippen LogP contribution in [0.15, 0.2) is 24.4 Å². The summed E-state index contributed by atoms with van der Waals surface area (Å²) >= 11 is 0. The van der Waals surface area contributed by atoms with Crippen molar-refractivity contribution in [2.75, 3.05) is 30.5 Å². The highest BCUT2D eigenvalue weighted by Crippen LogP contribution is 2.32. The van der Waals surface area contributed by atoms with Crippen LogP contribution in [-0.2, 0) is 16.4 Å². The molecule has 1 fully saturated rings. The summed E-state index contributed by atoms with van der Waals surface area (Å²) in [4.78, 5) is 5.89. The highest BCUT2D eigenvalue weighted by molar-refractivity contribution is 7.91. The van der Waals surface area contributed by atoms with Crippen molar-refractivity contribution in [2.45, 2.75) is 25.9 Å². The van der Waals surface area contributed by atoms with Crippen LogP contribution in [0.2, 0.25) is 0 Å². The number of hydrogen-bond acceptors (Lipinski definition) is 6. The molecule has 1 aliphatic heterocycles.